The number of esters is 2. The van der Waals surface area contributed by atoms with E-state index in [4.69, 9.17) is 14.2 Å². The van der Waals surface area contributed by atoms with Crippen LogP contribution in [0.15, 0.2) is 53.6 Å². The summed E-state index contributed by atoms with van der Waals surface area (Å²) in [4.78, 5) is 113. The first-order valence-corrected chi connectivity index (χ1v) is 23.3. The van der Waals surface area contributed by atoms with Crippen LogP contribution >= 0.6 is 0 Å². The van der Waals surface area contributed by atoms with Gasteiger partial charge < -0.3 is 50.4 Å². The van der Waals surface area contributed by atoms with Gasteiger partial charge in [0.05, 0.1) is 6.54 Å². The second kappa shape index (κ2) is 28.4. The Kier molecular flexibility index (Phi) is 24.3. The molecule has 5 N–H and O–H groups in total. The normalized spacial score (nSPS) is 26.6. The van der Waals surface area contributed by atoms with E-state index in [1.54, 1.807) is 58.0 Å². The largest absolute Gasteiger partial charge is 0.456 e. The van der Waals surface area contributed by atoms with Crippen LogP contribution in [-0.4, -0.2) is 139 Å². The van der Waals surface area contributed by atoms with E-state index < -0.39 is 108 Å². The number of alkyl carbamates (subject to hydrolysis) is 1. The Morgan fingerprint density at radius 1 is 0.925 bits per heavy atom. The highest BCUT2D eigenvalue weighted by Gasteiger charge is 2.37. The van der Waals surface area contributed by atoms with E-state index in [9.17, 15) is 43.5 Å². The highest BCUT2D eigenvalue weighted by Crippen LogP contribution is 2.26. The summed E-state index contributed by atoms with van der Waals surface area (Å²) >= 11 is 0. The highest BCUT2D eigenvalue weighted by atomic mass is 16.6. The second-order valence-electron chi connectivity index (χ2n) is 17.9. The van der Waals surface area contributed by atoms with Crippen molar-refractivity contribution in [2.24, 2.45) is 17.8 Å². The molecule has 6 amide bonds. The van der Waals surface area contributed by atoms with Gasteiger partial charge in [-0.05, 0) is 76.9 Å². The number of allylic oxidation sites excluding steroid dienone is 1. The lowest BCUT2D eigenvalue weighted by Crippen LogP contribution is -2.57. The molecule has 1 aliphatic heterocycles. The summed E-state index contributed by atoms with van der Waals surface area (Å²) in [6.45, 7) is 16.5. The Hall–Kier alpha value is -5.78. The van der Waals surface area contributed by atoms with Gasteiger partial charge in [0.1, 0.15) is 36.4 Å². The molecule has 67 heavy (non-hydrogen) atoms. The molecule has 0 aliphatic carbocycles. The number of cyclic esters (lactones) is 2. The number of ether oxygens (including phenoxy) is 3. The van der Waals surface area contributed by atoms with Crippen LogP contribution in [-0.2, 0) is 54.2 Å². The lowest BCUT2D eigenvalue weighted by Gasteiger charge is -2.33. The zero-order chi connectivity index (χ0) is 50.5. The molecule has 9 atom stereocenters. The zero-order valence-electron chi connectivity index (χ0n) is 41.5. The van der Waals surface area contributed by atoms with Crippen LogP contribution in [0.4, 0.5) is 4.79 Å². The third-order valence-corrected chi connectivity index (χ3v) is 11.9. The molecule has 0 radical (unpaired) electrons. The average Bonchev–Trinajstić information content (AvgIpc) is 3.29. The molecule has 1 aromatic rings. The predicted octanol–water partition coefficient (Wildman–Crippen LogP) is 3.74. The van der Waals surface area contributed by atoms with E-state index in [1.807, 2.05) is 26.8 Å². The van der Waals surface area contributed by atoms with Crippen molar-refractivity contribution >= 4 is 47.6 Å². The van der Waals surface area contributed by atoms with Gasteiger partial charge >= 0.3 is 18.0 Å². The summed E-state index contributed by atoms with van der Waals surface area (Å²) in [6, 6.07) is 4.32. The highest BCUT2D eigenvalue weighted by molar-refractivity contribution is 5.96. The Morgan fingerprint density at radius 2 is 1.57 bits per heavy atom. The van der Waals surface area contributed by atoms with E-state index in [2.05, 4.69) is 21.3 Å². The molecule has 0 aromatic heterocycles. The molecule has 0 fully saturated rings. The summed E-state index contributed by atoms with van der Waals surface area (Å²) in [5.74, 6) is -6.21. The molecule has 18 heteroatoms. The van der Waals surface area contributed by atoms with Crippen molar-refractivity contribution in [3.8, 4) is 0 Å². The molecule has 0 bridgehead atoms. The van der Waals surface area contributed by atoms with E-state index >= 15 is 0 Å². The summed E-state index contributed by atoms with van der Waals surface area (Å²) < 4.78 is 17.7. The quantitative estimate of drug-likeness (QED) is 0.0872. The first-order valence-electron chi connectivity index (χ1n) is 23.3. The van der Waals surface area contributed by atoms with Crippen LogP contribution in [0, 0.1) is 17.8 Å². The van der Waals surface area contributed by atoms with Crippen molar-refractivity contribution < 1.29 is 57.7 Å². The molecule has 0 saturated heterocycles. The minimum atomic E-state index is -1.32. The number of nitrogens with zero attached hydrogens (tertiary/aromatic N) is 2. The molecule has 1 aromatic carbocycles. The van der Waals surface area contributed by atoms with E-state index in [1.165, 1.54) is 45.8 Å². The maximum absolute atomic E-state index is 14.2. The molecule has 0 unspecified atom stereocenters. The summed E-state index contributed by atoms with van der Waals surface area (Å²) in [5.41, 5.74) is 1.40. The molecule has 18 nitrogen and oxygen atoms in total. The maximum atomic E-state index is 14.2. The number of benzene rings is 1. The van der Waals surface area contributed by atoms with Crippen LogP contribution in [0.1, 0.15) is 107 Å². The van der Waals surface area contributed by atoms with Gasteiger partial charge in [0.2, 0.25) is 23.6 Å². The van der Waals surface area contributed by atoms with Crippen LogP contribution in [0.3, 0.4) is 0 Å². The van der Waals surface area contributed by atoms with Crippen molar-refractivity contribution in [2.75, 3.05) is 33.8 Å². The van der Waals surface area contributed by atoms with Gasteiger partial charge in [0.25, 0.3) is 5.91 Å². The molecular formula is C49H76N6O12. The first kappa shape index (κ1) is 57.3. The molecule has 0 saturated carbocycles. The summed E-state index contributed by atoms with van der Waals surface area (Å²) in [7, 11) is 2.83. The number of carbonyl (C=O) groups excluding carboxylic acids is 8. The predicted molar refractivity (Wildman–Crippen MR) is 252 cm³/mol. The summed E-state index contributed by atoms with van der Waals surface area (Å²) in [6.07, 6.45) is 0.647. The Labute approximate surface area is 396 Å². The van der Waals surface area contributed by atoms with E-state index in [0.717, 1.165) is 10.5 Å². The fourth-order valence-electron chi connectivity index (χ4n) is 7.30. The van der Waals surface area contributed by atoms with Crippen LogP contribution in [0.2, 0.25) is 0 Å². The van der Waals surface area contributed by atoms with Gasteiger partial charge in [0.15, 0.2) is 6.10 Å². The average molecular weight is 941 g/mol. The van der Waals surface area contributed by atoms with Gasteiger partial charge in [-0.25, -0.2) is 14.4 Å². The van der Waals surface area contributed by atoms with Crippen LogP contribution < -0.4 is 21.3 Å². The topological polar surface area (TPSA) is 239 Å². The first-order chi connectivity index (χ1) is 31.6. The van der Waals surface area contributed by atoms with Crippen LogP contribution in [0.25, 0.3) is 0 Å². The zero-order valence-corrected chi connectivity index (χ0v) is 41.5. The number of hydrogen-bond donors (Lipinski definition) is 5. The number of amides is 6. The Bertz CT molecular complexity index is 1900. The Balaban J connectivity index is 2.71. The molecule has 374 valence electrons. The number of aliphatic hydroxyl groups is 1. The molecule has 1 aliphatic rings. The fraction of sp³-hybridized carbons (Fsp3) is 0.633. The van der Waals surface area contributed by atoms with E-state index in [-0.39, 0.29) is 43.9 Å². The van der Waals surface area contributed by atoms with E-state index in [0.29, 0.717) is 24.8 Å². The SMILES string of the molecule is C/C=C(\C)[C@H]1OC(=O)[C@@H](C)NC(=O)[C@H]([C@H](C)CC)NC(=O)CN(C)C(=O)[C@@H](Cc2ccccc2)N(C)C(=O)[C@H](C)NC(=O)[C@@H](CC(C)C)OC(=O)/C(C)=C/C[C@H](OC(=O)NCCCCO)[C@@H]1C. The van der Waals surface area contributed by atoms with Crippen molar-refractivity contribution in [3.05, 3.63) is 59.2 Å². The maximum Gasteiger partial charge on any atom is 0.407 e. The van der Waals surface area contributed by atoms with Crippen molar-refractivity contribution in [3.63, 3.8) is 0 Å². The third kappa shape index (κ3) is 18.4. The van der Waals surface area contributed by atoms with Gasteiger partial charge in [-0.3, -0.25) is 24.0 Å². The van der Waals surface area contributed by atoms with Gasteiger partial charge in [-0.1, -0.05) is 83.5 Å². The number of likely N-dealkylation sites (N-methyl/N-ethyl adjacent to an activating group) is 2. The number of aliphatic hydroxyl groups excluding tert-OH is 1. The molecule has 1 heterocycles. The number of nitrogens with one attached hydrogen (secondary N) is 4. The molecule has 2 rings (SSSR count). The standard InChI is InChI=1S/C49H76N6O12/c1-13-30(5)41-44(59)52-35(10)48(63)67-42(31(6)14-2)33(8)38(66-49(64)50-24-18-19-25-56)23-22-32(7)47(62)65-39(26-29(3)4)43(58)51-34(9)45(60)55(12)37(27-36-20-16-15-17-21-36)46(61)54(11)28-40(57)53-41/h14-17,20-22,29-30,33-35,37-39,41-42,56H,13,18-19,23-28H2,1-12H3,(H,50,64)(H,51,58)(H,52,59)(H,53,57)/b31-14+,32-22+/t30-,33+,34+,35-,37-,38+,39-,41+,42-/m1/s1. The fourth-order valence-corrected chi connectivity index (χ4v) is 7.30. The lowest BCUT2D eigenvalue weighted by molar-refractivity contribution is -0.155. The molecular weight excluding hydrogens is 865 g/mol. The number of hydrogen-bond acceptors (Lipinski definition) is 12. The summed E-state index contributed by atoms with van der Waals surface area (Å²) in [5, 5.41) is 19.9. The second-order valence-corrected chi connectivity index (χ2v) is 17.9. The van der Waals surface area contributed by atoms with Crippen LogP contribution in [0.5, 0.6) is 0 Å². The smallest absolute Gasteiger partial charge is 0.407 e. The number of rotatable bonds is 12. The van der Waals surface area contributed by atoms with Crippen molar-refractivity contribution in [2.45, 2.75) is 150 Å². The lowest BCUT2D eigenvalue weighted by atomic mass is 9.90. The van der Waals surface area contributed by atoms with Gasteiger partial charge in [-0.2, -0.15) is 0 Å². The van der Waals surface area contributed by atoms with Gasteiger partial charge in [-0.15, -0.1) is 0 Å². The van der Waals surface area contributed by atoms with Crippen molar-refractivity contribution in [1.29, 1.82) is 0 Å². The third-order valence-electron chi connectivity index (χ3n) is 11.9. The van der Waals surface area contributed by atoms with Gasteiger partial charge in [0, 0.05) is 51.6 Å². The molecule has 0 spiro atoms. The Morgan fingerprint density at radius 3 is 2.16 bits per heavy atom. The number of unbranched alkanes of at least 4 members (excludes halogenated alkanes) is 1. The van der Waals surface area contributed by atoms with Crippen molar-refractivity contribution in [1.82, 2.24) is 31.1 Å². The monoisotopic (exact) mass is 941 g/mol. The number of carbonyl (C=O) groups is 8. The minimum absolute atomic E-state index is 0.0540. The minimum Gasteiger partial charge on any atom is -0.456 e.